The molecule has 0 saturated heterocycles. The van der Waals surface area contributed by atoms with Gasteiger partial charge in [-0.2, -0.15) is 11.8 Å². The second kappa shape index (κ2) is 7.89. The third-order valence-electron chi connectivity index (χ3n) is 2.00. The third kappa shape index (κ3) is 5.04. The predicted octanol–water partition coefficient (Wildman–Crippen LogP) is 1.82. The number of methoxy groups -OCH3 is 1. The van der Waals surface area contributed by atoms with Crippen LogP contribution in [-0.2, 0) is 4.74 Å². The fourth-order valence-corrected chi connectivity index (χ4v) is 1.82. The van der Waals surface area contributed by atoms with Crippen molar-refractivity contribution in [3.63, 3.8) is 0 Å². The van der Waals surface area contributed by atoms with Gasteiger partial charge in [0.05, 0.1) is 7.11 Å². The fraction of sp³-hybridized carbons (Fsp3) is 0.545. The van der Waals surface area contributed by atoms with Gasteiger partial charge in [-0.15, -0.1) is 0 Å². The smallest absolute Gasteiger partial charge is 0.376 e. The molecule has 94 valence electrons. The van der Waals surface area contributed by atoms with Crippen LogP contribution in [0.15, 0.2) is 12.3 Å². The summed E-state index contributed by atoms with van der Waals surface area (Å²) in [5, 5.41) is 3.15. The molecule has 0 bridgehead atoms. The molecular formula is C11H17N3O2S. The zero-order chi connectivity index (χ0) is 12.5. The van der Waals surface area contributed by atoms with Crippen molar-refractivity contribution in [1.82, 2.24) is 9.97 Å². The van der Waals surface area contributed by atoms with Crippen LogP contribution in [0.2, 0.25) is 0 Å². The van der Waals surface area contributed by atoms with Gasteiger partial charge in [0.2, 0.25) is 5.82 Å². The van der Waals surface area contributed by atoms with Gasteiger partial charge in [0.15, 0.2) is 0 Å². The van der Waals surface area contributed by atoms with Gasteiger partial charge < -0.3 is 10.1 Å². The first-order chi connectivity index (χ1) is 8.27. The number of rotatable bonds is 7. The first kappa shape index (κ1) is 13.8. The number of carbonyl (C=O) groups is 1. The highest BCUT2D eigenvalue weighted by Gasteiger charge is 2.08. The Morgan fingerprint density at radius 2 is 2.41 bits per heavy atom. The van der Waals surface area contributed by atoms with Gasteiger partial charge in [-0.25, -0.2) is 14.8 Å². The van der Waals surface area contributed by atoms with Gasteiger partial charge in [-0.3, -0.25) is 0 Å². The third-order valence-corrected chi connectivity index (χ3v) is 2.98. The van der Waals surface area contributed by atoms with Crippen LogP contribution in [-0.4, -0.2) is 41.1 Å². The molecule has 1 aromatic rings. The average molecular weight is 255 g/mol. The zero-order valence-electron chi connectivity index (χ0n) is 10.1. The van der Waals surface area contributed by atoms with E-state index in [1.165, 1.54) is 7.11 Å². The Kier molecular flexibility index (Phi) is 6.39. The number of hydrogen-bond acceptors (Lipinski definition) is 6. The second-order valence-electron chi connectivity index (χ2n) is 3.23. The molecule has 0 aliphatic rings. The van der Waals surface area contributed by atoms with E-state index in [9.17, 15) is 4.79 Å². The number of hydrogen-bond donors (Lipinski definition) is 1. The lowest BCUT2D eigenvalue weighted by molar-refractivity contribution is 0.0587. The normalized spacial score (nSPS) is 10.0. The van der Waals surface area contributed by atoms with Gasteiger partial charge in [-0.05, 0) is 24.0 Å². The SMILES string of the molecule is CCSCCCNc1ccnc(C(=O)OC)n1. The molecule has 5 nitrogen and oxygen atoms in total. The van der Waals surface area contributed by atoms with Crippen LogP contribution in [0.3, 0.4) is 0 Å². The maximum Gasteiger partial charge on any atom is 0.376 e. The summed E-state index contributed by atoms with van der Waals surface area (Å²) in [6, 6.07) is 1.74. The van der Waals surface area contributed by atoms with E-state index in [-0.39, 0.29) is 5.82 Å². The van der Waals surface area contributed by atoms with Crippen molar-refractivity contribution in [2.75, 3.05) is 30.5 Å². The number of anilines is 1. The van der Waals surface area contributed by atoms with Crippen molar-refractivity contribution in [2.24, 2.45) is 0 Å². The maximum atomic E-state index is 11.2. The Bertz CT molecular complexity index is 360. The summed E-state index contributed by atoms with van der Waals surface area (Å²) < 4.78 is 4.55. The predicted molar refractivity (Wildman–Crippen MR) is 69.5 cm³/mol. The monoisotopic (exact) mass is 255 g/mol. The minimum Gasteiger partial charge on any atom is -0.463 e. The van der Waals surface area contributed by atoms with E-state index in [2.05, 4.69) is 26.9 Å². The summed E-state index contributed by atoms with van der Waals surface area (Å²) in [5.74, 6) is 2.48. The lowest BCUT2D eigenvalue weighted by Gasteiger charge is -2.05. The number of nitrogens with one attached hydrogen (secondary N) is 1. The molecule has 0 aromatic carbocycles. The molecular weight excluding hydrogens is 238 g/mol. The highest BCUT2D eigenvalue weighted by Crippen LogP contribution is 2.05. The number of carbonyl (C=O) groups excluding carboxylic acids is 1. The van der Waals surface area contributed by atoms with Crippen molar-refractivity contribution in [1.29, 1.82) is 0 Å². The summed E-state index contributed by atoms with van der Waals surface area (Å²) in [6.45, 7) is 2.98. The minimum absolute atomic E-state index is 0.0837. The van der Waals surface area contributed by atoms with Gasteiger partial charge in [0.25, 0.3) is 0 Å². The molecule has 17 heavy (non-hydrogen) atoms. The Morgan fingerprint density at radius 1 is 1.59 bits per heavy atom. The van der Waals surface area contributed by atoms with Crippen molar-refractivity contribution in [3.05, 3.63) is 18.1 Å². The lowest BCUT2D eigenvalue weighted by Crippen LogP contribution is -2.10. The van der Waals surface area contributed by atoms with E-state index in [1.54, 1.807) is 12.3 Å². The largest absolute Gasteiger partial charge is 0.463 e. The standard InChI is InChI=1S/C11H17N3O2S/c1-3-17-8-4-6-12-9-5-7-13-10(14-9)11(15)16-2/h5,7H,3-4,6,8H2,1-2H3,(H,12,13,14). The molecule has 0 spiro atoms. The number of ether oxygens (including phenoxy) is 1. The molecule has 0 saturated carbocycles. The van der Waals surface area contributed by atoms with E-state index < -0.39 is 5.97 Å². The second-order valence-corrected chi connectivity index (χ2v) is 4.63. The van der Waals surface area contributed by atoms with E-state index in [0.717, 1.165) is 24.5 Å². The molecule has 0 radical (unpaired) electrons. The van der Waals surface area contributed by atoms with E-state index >= 15 is 0 Å². The van der Waals surface area contributed by atoms with Crippen LogP contribution >= 0.6 is 11.8 Å². The molecule has 0 aliphatic carbocycles. The van der Waals surface area contributed by atoms with E-state index in [0.29, 0.717) is 5.82 Å². The summed E-state index contributed by atoms with van der Waals surface area (Å²) in [5.41, 5.74) is 0. The summed E-state index contributed by atoms with van der Waals surface area (Å²) >= 11 is 1.91. The molecule has 6 heteroatoms. The molecule has 0 aliphatic heterocycles. The molecule has 1 N–H and O–H groups in total. The summed E-state index contributed by atoms with van der Waals surface area (Å²) in [7, 11) is 1.31. The Hall–Kier alpha value is -1.30. The van der Waals surface area contributed by atoms with Crippen LogP contribution in [0.1, 0.15) is 24.0 Å². The fourth-order valence-electron chi connectivity index (χ4n) is 1.18. The summed E-state index contributed by atoms with van der Waals surface area (Å²) in [6.07, 6.45) is 2.61. The average Bonchev–Trinajstić information content (AvgIpc) is 2.38. The quantitative estimate of drug-likeness (QED) is 0.592. The van der Waals surface area contributed by atoms with Gasteiger partial charge in [0.1, 0.15) is 5.82 Å². The number of aromatic nitrogens is 2. The van der Waals surface area contributed by atoms with Crippen molar-refractivity contribution >= 4 is 23.5 Å². The lowest BCUT2D eigenvalue weighted by atomic mass is 10.4. The van der Waals surface area contributed by atoms with Gasteiger partial charge >= 0.3 is 5.97 Å². The molecule has 1 aromatic heterocycles. The first-order valence-electron chi connectivity index (χ1n) is 5.51. The number of nitrogens with zero attached hydrogens (tertiary/aromatic N) is 2. The van der Waals surface area contributed by atoms with Crippen molar-refractivity contribution in [2.45, 2.75) is 13.3 Å². The van der Waals surface area contributed by atoms with Crippen LogP contribution in [0.5, 0.6) is 0 Å². The van der Waals surface area contributed by atoms with Crippen molar-refractivity contribution in [3.8, 4) is 0 Å². The van der Waals surface area contributed by atoms with Gasteiger partial charge in [0, 0.05) is 12.7 Å². The zero-order valence-corrected chi connectivity index (χ0v) is 10.9. The van der Waals surface area contributed by atoms with Crippen LogP contribution in [0.25, 0.3) is 0 Å². The minimum atomic E-state index is -0.518. The Morgan fingerprint density at radius 3 is 3.12 bits per heavy atom. The Balaban J connectivity index is 2.40. The molecule has 0 unspecified atom stereocenters. The maximum absolute atomic E-state index is 11.2. The first-order valence-corrected chi connectivity index (χ1v) is 6.66. The van der Waals surface area contributed by atoms with E-state index in [1.807, 2.05) is 11.8 Å². The van der Waals surface area contributed by atoms with Crippen LogP contribution < -0.4 is 5.32 Å². The molecule has 1 heterocycles. The van der Waals surface area contributed by atoms with Crippen molar-refractivity contribution < 1.29 is 9.53 Å². The summed E-state index contributed by atoms with van der Waals surface area (Å²) in [4.78, 5) is 19.1. The van der Waals surface area contributed by atoms with Gasteiger partial charge in [-0.1, -0.05) is 6.92 Å². The van der Waals surface area contributed by atoms with E-state index in [4.69, 9.17) is 0 Å². The van der Waals surface area contributed by atoms with Crippen LogP contribution in [0, 0.1) is 0 Å². The number of esters is 1. The number of thioether (sulfide) groups is 1. The molecule has 1 rings (SSSR count). The molecule has 0 fully saturated rings. The highest BCUT2D eigenvalue weighted by molar-refractivity contribution is 7.99. The Labute approximate surface area is 105 Å². The topological polar surface area (TPSA) is 64.1 Å². The molecule has 0 amide bonds. The van der Waals surface area contributed by atoms with Crippen LogP contribution in [0.4, 0.5) is 5.82 Å². The molecule has 0 atom stereocenters. The highest BCUT2D eigenvalue weighted by atomic mass is 32.2.